The second kappa shape index (κ2) is 8.14. The molecule has 124 valence electrons. The maximum atomic E-state index is 12.6. The van der Waals surface area contributed by atoms with Crippen molar-refractivity contribution in [3.05, 3.63) is 23.8 Å². The van der Waals surface area contributed by atoms with Gasteiger partial charge in [-0.05, 0) is 31.2 Å². The zero-order chi connectivity index (χ0) is 25.3. The number of sulfone groups is 1. The number of carbonyl (C=O) groups is 1. The summed E-state index contributed by atoms with van der Waals surface area (Å²) >= 11 is 0. The second-order valence-corrected chi connectivity index (χ2v) is 6.28. The monoisotopic (exact) mass is 338 g/mol. The summed E-state index contributed by atoms with van der Waals surface area (Å²) in [6, 6.07) is 3.52. The Balaban J connectivity index is 3.20. The number of carbonyl (C=O) groups excluding carboxylic acids is 1. The van der Waals surface area contributed by atoms with Crippen molar-refractivity contribution in [3.63, 3.8) is 0 Å². The average molecular weight is 338 g/mol. The third kappa shape index (κ3) is 4.99. The zero-order valence-electron chi connectivity index (χ0n) is 22.1. The first kappa shape index (κ1) is 8.31. The molecular formula is C15H24N2O4S. The van der Waals surface area contributed by atoms with Gasteiger partial charge in [0.25, 0.3) is 5.91 Å². The standard InChI is InChI=1S/C15H24N2O4S/c1-5-17(6-2)10-9-16-15(18)13-11-12(22(4,19)20)7-8-14(13)21-3/h7-8,11H,5-6,9-10H2,1-4H3,(H,16,18)/i1D3,2D3,5D2,6D2. The highest BCUT2D eigenvalue weighted by atomic mass is 32.2. The Labute approximate surface area is 146 Å². The molecule has 7 heteroatoms. The number of rotatable bonds is 8. The van der Waals surface area contributed by atoms with E-state index in [2.05, 4.69) is 5.32 Å². The molecule has 1 N–H and O–H groups in total. The first-order valence-corrected chi connectivity index (χ1v) is 8.01. The Morgan fingerprint density at radius 1 is 1.41 bits per heavy atom. The van der Waals surface area contributed by atoms with Gasteiger partial charge in [0.1, 0.15) is 5.75 Å². The summed E-state index contributed by atoms with van der Waals surface area (Å²) < 4.78 is 104. The van der Waals surface area contributed by atoms with Crippen LogP contribution in [-0.2, 0) is 9.84 Å². The molecule has 0 heterocycles. The molecule has 0 saturated carbocycles. The predicted molar refractivity (Wildman–Crippen MR) is 86.2 cm³/mol. The van der Waals surface area contributed by atoms with E-state index in [1.54, 1.807) is 0 Å². The third-order valence-corrected chi connectivity index (χ3v) is 3.84. The minimum Gasteiger partial charge on any atom is -0.496 e. The molecule has 6 nitrogen and oxygen atoms in total. The quantitative estimate of drug-likeness (QED) is 0.770. The van der Waals surface area contributed by atoms with E-state index in [0.717, 1.165) is 12.3 Å². The molecule has 0 aliphatic carbocycles. The fraction of sp³-hybridized carbons (Fsp3) is 0.533. The van der Waals surface area contributed by atoms with Crippen LogP contribution in [0.2, 0.25) is 0 Å². The van der Waals surface area contributed by atoms with E-state index in [4.69, 9.17) is 18.4 Å². The number of amides is 1. The van der Waals surface area contributed by atoms with Crippen LogP contribution >= 0.6 is 0 Å². The van der Waals surface area contributed by atoms with Gasteiger partial charge in [-0.2, -0.15) is 0 Å². The summed E-state index contributed by atoms with van der Waals surface area (Å²) in [6.07, 6.45) is 0.933. The smallest absolute Gasteiger partial charge is 0.255 e. The zero-order valence-corrected chi connectivity index (χ0v) is 13.0. The first-order chi connectivity index (χ1) is 14.2. The van der Waals surface area contributed by atoms with Crippen molar-refractivity contribution in [2.45, 2.75) is 18.6 Å². The van der Waals surface area contributed by atoms with E-state index >= 15 is 0 Å². The Morgan fingerprint density at radius 3 is 2.64 bits per heavy atom. The average Bonchev–Trinajstić information content (AvgIpc) is 2.61. The van der Waals surface area contributed by atoms with Gasteiger partial charge >= 0.3 is 0 Å². The number of benzene rings is 1. The molecule has 0 unspecified atom stereocenters. The Kier molecular flexibility index (Phi) is 3.08. The molecule has 0 bridgehead atoms. The topological polar surface area (TPSA) is 75.7 Å². The highest BCUT2D eigenvalue weighted by molar-refractivity contribution is 7.90. The van der Waals surface area contributed by atoms with Crippen LogP contribution < -0.4 is 10.1 Å². The van der Waals surface area contributed by atoms with Crippen LogP contribution in [0, 0.1) is 0 Å². The van der Waals surface area contributed by atoms with Crippen LogP contribution in [0.1, 0.15) is 37.8 Å². The number of hydrogen-bond donors (Lipinski definition) is 1. The lowest BCUT2D eigenvalue weighted by Gasteiger charge is -2.18. The van der Waals surface area contributed by atoms with Gasteiger partial charge in [-0.1, -0.05) is 13.7 Å². The van der Waals surface area contributed by atoms with Crippen molar-refractivity contribution in [2.24, 2.45) is 0 Å². The second-order valence-electron chi connectivity index (χ2n) is 4.27. The summed E-state index contributed by atoms with van der Waals surface area (Å²) in [6.45, 7) is -15.0. The fourth-order valence-electron chi connectivity index (χ4n) is 1.61. The first-order valence-electron chi connectivity index (χ1n) is 11.1. The molecule has 0 spiro atoms. The van der Waals surface area contributed by atoms with Gasteiger partial charge in [0, 0.05) is 33.1 Å². The SMILES string of the molecule is [2H]C([2H])([2H])C([2H])([2H])N(CCNC(=O)c1cc(S(C)(=O)=O)ccc1OC)C([2H])([2H])C([2H])([2H])[2H]. The summed E-state index contributed by atoms with van der Waals surface area (Å²) in [5.41, 5.74) is -0.195. The highest BCUT2D eigenvalue weighted by Crippen LogP contribution is 2.22. The molecule has 0 radical (unpaired) electrons. The van der Waals surface area contributed by atoms with Gasteiger partial charge in [-0.3, -0.25) is 4.79 Å². The largest absolute Gasteiger partial charge is 0.496 e. The van der Waals surface area contributed by atoms with Crippen molar-refractivity contribution in [2.75, 3.05) is 39.4 Å². The van der Waals surface area contributed by atoms with Crippen LogP contribution in [0.3, 0.4) is 0 Å². The van der Waals surface area contributed by atoms with Crippen molar-refractivity contribution >= 4 is 15.7 Å². The van der Waals surface area contributed by atoms with Crippen molar-refractivity contribution < 1.29 is 31.7 Å². The summed E-state index contributed by atoms with van der Waals surface area (Å²) in [5, 5.41) is 2.27. The van der Waals surface area contributed by atoms with Gasteiger partial charge in [0.15, 0.2) is 9.84 Å². The lowest BCUT2D eigenvalue weighted by molar-refractivity contribution is 0.0945. The maximum absolute atomic E-state index is 12.6. The van der Waals surface area contributed by atoms with Gasteiger partial charge in [0.2, 0.25) is 0 Å². The minimum atomic E-state index is -3.66. The van der Waals surface area contributed by atoms with Crippen LogP contribution in [0.15, 0.2) is 23.1 Å². The molecule has 0 aromatic heterocycles. The minimum absolute atomic E-state index is 0.0161. The van der Waals surface area contributed by atoms with Crippen molar-refractivity contribution in [1.82, 2.24) is 10.2 Å². The van der Waals surface area contributed by atoms with E-state index in [1.807, 2.05) is 0 Å². The lowest BCUT2D eigenvalue weighted by atomic mass is 10.2. The van der Waals surface area contributed by atoms with E-state index < -0.39 is 55.5 Å². The van der Waals surface area contributed by atoms with Crippen LogP contribution in [0.5, 0.6) is 5.75 Å². The Bertz CT molecular complexity index is 919. The van der Waals surface area contributed by atoms with Gasteiger partial charge in [0.05, 0.1) is 17.6 Å². The maximum Gasteiger partial charge on any atom is 0.255 e. The summed E-state index contributed by atoms with van der Waals surface area (Å²) in [7, 11) is -2.42. The van der Waals surface area contributed by atoms with Crippen LogP contribution in [0.25, 0.3) is 0 Å². The number of ether oxygens (including phenoxy) is 1. The van der Waals surface area contributed by atoms with Crippen molar-refractivity contribution in [3.8, 4) is 5.75 Å². The number of methoxy groups -OCH3 is 1. The molecule has 1 aromatic carbocycles. The number of nitrogens with one attached hydrogen (secondary N) is 1. The molecule has 0 atom stereocenters. The van der Waals surface area contributed by atoms with E-state index in [-0.39, 0.29) is 21.1 Å². The van der Waals surface area contributed by atoms with E-state index in [1.165, 1.54) is 19.2 Å². The molecule has 1 aromatic rings. The molecule has 0 saturated heterocycles. The normalized spacial score (nSPS) is 20.7. The lowest BCUT2D eigenvalue weighted by Crippen LogP contribution is -2.35. The van der Waals surface area contributed by atoms with Crippen LogP contribution in [0.4, 0.5) is 0 Å². The predicted octanol–water partition coefficient (Wildman–Crippen LogP) is 1.17. The van der Waals surface area contributed by atoms with E-state index in [9.17, 15) is 13.2 Å². The molecule has 1 rings (SSSR count). The Hall–Kier alpha value is -1.60. The number of nitrogens with zero attached hydrogens (tertiary/aromatic N) is 1. The van der Waals surface area contributed by atoms with Gasteiger partial charge in [-0.25, -0.2) is 8.42 Å². The van der Waals surface area contributed by atoms with Crippen molar-refractivity contribution in [1.29, 1.82) is 0 Å². The van der Waals surface area contributed by atoms with Gasteiger partial charge < -0.3 is 15.0 Å². The molecule has 0 fully saturated rings. The third-order valence-electron chi connectivity index (χ3n) is 2.73. The molecule has 0 aliphatic heterocycles. The number of likely N-dealkylation sites (N-methyl/N-ethyl adjacent to an activating group) is 1. The van der Waals surface area contributed by atoms with Crippen LogP contribution in [-0.4, -0.2) is 58.7 Å². The molecule has 0 aliphatic rings. The Morgan fingerprint density at radius 2 is 2.09 bits per heavy atom. The highest BCUT2D eigenvalue weighted by Gasteiger charge is 2.16. The summed E-state index contributed by atoms with van der Waals surface area (Å²) in [4.78, 5) is 12.4. The summed E-state index contributed by atoms with van der Waals surface area (Å²) in [5.74, 6) is -0.862. The van der Waals surface area contributed by atoms with Gasteiger partial charge in [-0.15, -0.1) is 0 Å². The fourth-order valence-corrected chi connectivity index (χ4v) is 2.26. The molecule has 1 amide bonds. The molecule has 22 heavy (non-hydrogen) atoms. The molecular weight excluding hydrogens is 304 g/mol. The van der Waals surface area contributed by atoms with E-state index in [0.29, 0.717) is 0 Å². The number of hydrogen-bond acceptors (Lipinski definition) is 5.